The number of carbonyl (C=O) groups excluding carboxylic acids is 4. The summed E-state index contributed by atoms with van der Waals surface area (Å²) in [4.78, 5) is 50.5. The van der Waals surface area contributed by atoms with Crippen LogP contribution in [0.2, 0.25) is 0 Å². The molecule has 0 radical (unpaired) electrons. The van der Waals surface area contributed by atoms with Gasteiger partial charge in [0, 0.05) is 5.56 Å². The molecule has 3 rings (SSSR count). The minimum Gasteiger partial charge on any atom is -0.481 e. The molecule has 160 valence electrons. The van der Waals surface area contributed by atoms with Gasteiger partial charge in [0.25, 0.3) is 11.8 Å². The molecule has 1 saturated heterocycles. The van der Waals surface area contributed by atoms with Gasteiger partial charge in [-0.1, -0.05) is 24.3 Å². The number of carbonyl (C=O) groups is 4. The van der Waals surface area contributed by atoms with E-state index in [1.807, 2.05) is 19.9 Å². The van der Waals surface area contributed by atoms with E-state index < -0.39 is 23.8 Å². The molecule has 1 heterocycles. The number of para-hydroxylation sites is 1. The van der Waals surface area contributed by atoms with Crippen molar-refractivity contribution in [3.05, 3.63) is 64.7 Å². The van der Waals surface area contributed by atoms with Crippen molar-refractivity contribution in [1.29, 1.82) is 0 Å². The van der Waals surface area contributed by atoms with E-state index >= 15 is 0 Å². The number of hydrogen-bond acceptors (Lipinski definition) is 6. The molecule has 0 bridgehead atoms. The zero-order valence-corrected chi connectivity index (χ0v) is 17.4. The summed E-state index contributed by atoms with van der Waals surface area (Å²) in [5, 5.41) is 2.20. The number of rotatable bonds is 6. The highest BCUT2D eigenvalue weighted by atomic mass is 16.6. The van der Waals surface area contributed by atoms with Crippen molar-refractivity contribution >= 4 is 35.6 Å². The third kappa shape index (κ3) is 4.98. The lowest BCUT2D eigenvalue weighted by molar-refractivity contribution is -0.145. The molecule has 0 aliphatic carbocycles. The maximum Gasteiger partial charge on any atom is 0.344 e. The highest BCUT2D eigenvalue weighted by molar-refractivity contribution is 6.39. The molecule has 31 heavy (non-hydrogen) atoms. The first kappa shape index (κ1) is 21.8. The van der Waals surface area contributed by atoms with Gasteiger partial charge in [-0.15, -0.1) is 0 Å². The van der Waals surface area contributed by atoms with Crippen LogP contribution in [0.4, 0.5) is 10.5 Å². The standard InChI is InChI=1S/C23H22N2O6/c1-4-30-20(26)13-31-19-8-6-5-7-16(19)12-18-21(27)24-23(29)25(22(18)28)17-10-14(2)9-15(3)11-17/h5-12H,4,13H2,1-3H3,(H,24,27,29)/b18-12+. The van der Waals surface area contributed by atoms with Gasteiger partial charge >= 0.3 is 12.0 Å². The predicted octanol–water partition coefficient (Wildman–Crippen LogP) is 2.91. The molecule has 2 aromatic rings. The lowest BCUT2D eigenvalue weighted by Gasteiger charge is -2.27. The fourth-order valence-electron chi connectivity index (χ4n) is 3.20. The maximum absolute atomic E-state index is 13.1. The first-order valence-corrected chi connectivity index (χ1v) is 9.67. The number of benzene rings is 2. The molecule has 0 unspecified atom stereocenters. The fraction of sp³-hybridized carbons (Fsp3) is 0.217. The molecule has 1 aliphatic rings. The van der Waals surface area contributed by atoms with Crippen LogP contribution in [-0.4, -0.2) is 37.0 Å². The third-order valence-electron chi connectivity index (χ3n) is 4.44. The molecule has 1 aliphatic heterocycles. The van der Waals surface area contributed by atoms with E-state index in [0.717, 1.165) is 16.0 Å². The van der Waals surface area contributed by atoms with E-state index in [2.05, 4.69) is 5.32 Å². The molecule has 1 N–H and O–H groups in total. The lowest BCUT2D eigenvalue weighted by Crippen LogP contribution is -2.54. The SMILES string of the molecule is CCOC(=O)COc1ccccc1/C=C1\C(=O)NC(=O)N(c2cc(C)cc(C)c2)C1=O. The number of aryl methyl sites for hydroxylation is 2. The highest BCUT2D eigenvalue weighted by Gasteiger charge is 2.37. The number of esters is 1. The summed E-state index contributed by atoms with van der Waals surface area (Å²) in [6, 6.07) is 11.1. The monoisotopic (exact) mass is 422 g/mol. The highest BCUT2D eigenvalue weighted by Crippen LogP contribution is 2.26. The van der Waals surface area contributed by atoms with E-state index in [4.69, 9.17) is 9.47 Å². The van der Waals surface area contributed by atoms with E-state index in [1.165, 1.54) is 6.08 Å². The maximum atomic E-state index is 13.1. The molecule has 8 nitrogen and oxygen atoms in total. The van der Waals surface area contributed by atoms with Crippen molar-refractivity contribution in [1.82, 2.24) is 5.32 Å². The number of hydrogen-bond donors (Lipinski definition) is 1. The van der Waals surface area contributed by atoms with Crippen LogP contribution in [0, 0.1) is 13.8 Å². The second-order valence-electron chi connectivity index (χ2n) is 6.94. The lowest BCUT2D eigenvalue weighted by atomic mass is 10.0. The number of nitrogens with one attached hydrogen (secondary N) is 1. The Labute approximate surface area is 179 Å². The number of urea groups is 1. The van der Waals surface area contributed by atoms with Crippen molar-refractivity contribution in [3.8, 4) is 5.75 Å². The molecule has 0 spiro atoms. The molecule has 8 heteroatoms. The second kappa shape index (κ2) is 9.25. The van der Waals surface area contributed by atoms with Crippen LogP contribution in [0.25, 0.3) is 6.08 Å². The summed E-state index contributed by atoms with van der Waals surface area (Å²) >= 11 is 0. The number of amides is 4. The molecule has 0 aromatic heterocycles. The fourth-order valence-corrected chi connectivity index (χ4v) is 3.20. The molecule has 1 fully saturated rings. The molecular formula is C23H22N2O6. The van der Waals surface area contributed by atoms with Gasteiger partial charge in [0.15, 0.2) is 6.61 Å². The Balaban J connectivity index is 1.95. The summed E-state index contributed by atoms with van der Waals surface area (Å²) < 4.78 is 10.3. The van der Waals surface area contributed by atoms with E-state index in [9.17, 15) is 19.2 Å². The average molecular weight is 422 g/mol. The Kier molecular flexibility index (Phi) is 6.49. The first-order valence-electron chi connectivity index (χ1n) is 9.67. The van der Waals surface area contributed by atoms with Gasteiger partial charge in [-0.2, -0.15) is 0 Å². The van der Waals surface area contributed by atoms with Gasteiger partial charge in [0.1, 0.15) is 11.3 Å². The Bertz CT molecular complexity index is 1070. The molecule has 4 amide bonds. The van der Waals surface area contributed by atoms with Gasteiger partial charge in [0.2, 0.25) is 0 Å². The Morgan fingerprint density at radius 3 is 2.42 bits per heavy atom. The van der Waals surface area contributed by atoms with E-state index in [1.54, 1.807) is 43.3 Å². The average Bonchev–Trinajstić information content (AvgIpc) is 2.69. The summed E-state index contributed by atoms with van der Waals surface area (Å²) in [7, 11) is 0. The van der Waals surface area contributed by atoms with Crippen molar-refractivity contribution in [2.75, 3.05) is 18.1 Å². The van der Waals surface area contributed by atoms with Crippen molar-refractivity contribution in [2.45, 2.75) is 20.8 Å². The smallest absolute Gasteiger partial charge is 0.344 e. The van der Waals surface area contributed by atoms with Crippen molar-refractivity contribution < 1.29 is 28.7 Å². The van der Waals surface area contributed by atoms with Crippen LogP contribution in [-0.2, 0) is 19.1 Å². The molecule has 0 atom stereocenters. The van der Waals surface area contributed by atoms with Gasteiger partial charge in [-0.25, -0.2) is 14.5 Å². The summed E-state index contributed by atoms with van der Waals surface area (Å²) in [5.74, 6) is -1.81. The number of ether oxygens (including phenoxy) is 2. The van der Waals surface area contributed by atoms with Crippen molar-refractivity contribution in [3.63, 3.8) is 0 Å². The Morgan fingerprint density at radius 1 is 1.06 bits per heavy atom. The Hall–Kier alpha value is -3.94. The van der Waals surface area contributed by atoms with Gasteiger partial charge < -0.3 is 9.47 Å². The molecular weight excluding hydrogens is 400 g/mol. The van der Waals surface area contributed by atoms with E-state index in [-0.39, 0.29) is 18.8 Å². The second-order valence-corrected chi connectivity index (χ2v) is 6.94. The van der Waals surface area contributed by atoms with Crippen LogP contribution in [0.1, 0.15) is 23.6 Å². The quantitative estimate of drug-likeness (QED) is 0.436. The van der Waals surface area contributed by atoms with Crippen molar-refractivity contribution in [2.24, 2.45) is 0 Å². The minimum atomic E-state index is -0.816. The number of nitrogens with zero attached hydrogens (tertiary/aromatic N) is 1. The number of anilines is 1. The molecule has 2 aromatic carbocycles. The summed E-state index contributed by atoms with van der Waals surface area (Å²) in [6.07, 6.45) is 1.33. The van der Waals surface area contributed by atoms with Crippen LogP contribution >= 0.6 is 0 Å². The first-order chi connectivity index (χ1) is 14.8. The van der Waals surface area contributed by atoms with Gasteiger partial charge in [-0.3, -0.25) is 14.9 Å². The van der Waals surface area contributed by atoms with Crippen LogP contribution in [0.5, 0.6) is 5.75 Å². The van der Waals surface area contributed by atoms with Gasteiger partial charge in [0.05, 0.1) is 12.3 Å². The largest absolute Gasteiger partial charge is 0.481 e. The number of barbiturate groups is 1. The zero-order valence-electron chi connectivity index (χ0n) is 17.4. The zero-order chi connectivity index (χ0) is 22.5. The Morgan fingerprint density at radius 2 is 1.74 bits per heavy atom. The van der Waals surface area contributed by atoms with Crippen LogP contribution < -0.4 is 15.0 Å². The predicted molar refractivity (Wildman–Crippen MR) is 113 cm³/mol. The summed E-state index contributed by atoms with van der Waals surface area (Å²) in [6.45, 7) is 5.29. The van der Waals surface area contributed by atoms with Gasteiger partial charge in [-0.05, 0) is 56.2 Å². The third-order valence-corrected chi connectivity index (χ3v) is 4.44. The summed E-state index contributed by atoms with van der Waals surface area (Å²) in [5.41, 5.74) is 2.28. The van der Waals surface area contributed by atoms with E-state index in [0.29, 0.717) is 17.0 Å². The normalized spacial score (nSPS) is 15.1. The number of imide groups is 2. The molecule has 0 saturated carbocycles. The minimum absolute atomic E-state index is 0.227. The van der Waals surface area contributed by atoms with Crippen LogP contribution in [0.3, 0.4) is 0 Å². The van der Waals surface area contributed by atoms with Crippen LogP contribution in [0.15, 0.2) is 48.0 Å². The topological polar surface area (TPSA) is 102 Å².